The van der Waals surface area contributed by atoms with Gasteiger partial charge in [-0.15, -0.1) is 0 Å². The second kappa shape index (κ2) is 12.1. The van der Waals surface area contributed by atoms with Gasteiger partial charge in [0.05, 0.1) is 12.3 Å². The van der Waals surface area contributed by atoms with Crippen molar-refractivity contribution in [2.45, 2.75) is 89.4 Å². The number of anilines is 1. The molecule has 2 aliphatic rings. The summed E-state index contributed by atoms with van der Waals surface area (Å²) in [6.45, 7) is 6.98. The molecule has 0 radical (unpaired) electrons. The molecular formula is C29H40N5O8P. The fourth-order valence-corrected chi connectivity index (χ4v) is 7.05. The average molecular weight is 618 g/mol. The van der Waals surface area contributed by atoms with Gasteiger partial charge in [0.2, 0.25) is 0 Å². The van der Waals surface area contributed by atoms with Crippen LogP contribution in [0.1, 0.15) is 65.2 Å². The number of carbonyl (C=O) groups is 1. The fraction of sp³-hybridized carbons (Fsp3) is 0.552. The van der Waals surface area contributed by atoms with Crippen molar-refractivity contribution >= 4 is 25.1 Å². The van der Waals surface area contributed by atoms with Crippen LogP contribution in [0.15, 0.2) is 48.8 Å². The number of nitrogens with two attached hydrogens (primary N) is 1. The zero-order valence-electron chi connectivity index (χ0n) is 24.8. The van der Waals surface area contributed by atoms with Gasteiger partial charge in [-0.1, -0.05) is 32.0 Å². The number of hydrogen-bond donors (Lipinski definition) is 4. The number of aromatic nitrogens is 3. The Morgan fingerprint density at radius 1 is 1.19 bits per heavy atom. The molecule has 43 heavy (non-hydrogen) atoms. The minimum atomic E-state index is -4.26. The van der Waals surface area contributed by atoms with E-state index in [0.717, 1.165) is 25.7 Å². The number of benzene rings is 1. The third-order valence-electron chi connectivity index (χ3n) is 8.22. The molecule has 3 heterocycles. The molecule has 5 N–H and O–H groups in total. The molecular weight excluding hydrogens is 577 g/mol. The number of carbonyl (C=O) groups excluding carboxylic acids is 1. The van der Waals surface area contributed by atoms with E-state index in [1.807, 2.05) is 0 Å². The van der Waals surface area contributed by atoms with Crippen molar-refractivity contribution < 1.29 is 38.1 Å². The molecule has 2 fully saturated rings. The normalized spacial score (nSPS) is 27.9. The molecule has 1 aromatic carbocycles. The van der Waals surface area contributed by atoms with Crippen molar-refractivity contribution in [1.29, 1.82) is 0 Å². The van der Waals surface area contributed by atoms with E-state index in [0.29, 0.717) is 11.2 Å². The van der Waals surface area contributed by atoms with E-state index in [1.165, 1.54) is 24.7 Å². The Bertz CT molecular complexity index is 1480. The Kier molecular flexibility index (Phi) is 8.86. The molecule has 3 aromatic rings. The highest BCUT2D eigenvalue weighted by molar-refractivity contribution is 7.52. The Hall–Kier alpha value is -3.06. The highest BCUT2D eigenvalue weighted by Crippen LogP contribution is 2.48. The van der Waals surface area contributed by atoms with Gasteiger partial charge in [-0.2, -0.15) is 10.2 Å². The number of hydrogen-bond acceptors (Lipinski definition) is 11. The second-order valence-electron chi connectivity index (χ2n) is 12.3. The number of esters is 1. The molecule has 1 aliphatic carbocycles. The van der Waals surface area contributed by atoms with Crippen molar-refractivity contribution in [3.63, 3.8) is 0 Å². The minimum absolute atomic E-state index is 0.213. The lowest BCUT2D eigenvalue weighted by Crippen LogP contribution is -2.45. The van der Waals surface area contributed by atoms with Crippen LogP contribution in [0.25, 0.3) is 5.52 Å². The zero-order valence-corrected chi connectivity index (χ0v) is 25.6. The highest BCUT2D eigenvalue weighted by Gasteiger charge is 2.54. The Morgan fingerprint density at radius 3 is 2.58 bits per heavy atom. The van der Waals surface area contributed by atoms with Gasteiger partial charge in [0.1, 0.15) is 53.7 Å². The predicted molar refractivity (Wildman–Crippen MR) is 157 cm³/mol. The second-order valence-corrected chi connectivity index (χ2v) is 14.0. The molecule has 2 aromatic heterocycles. The smallest absolute Gasteiger partial charge is 0.459 e. The number of nitrogens with one attached hydrogen (secondary N) is 1. The number of nitrogens with zero attached hydrogens (tertiary/aromatic N) is 3. The van der Waals surface area contributed by atoms with Crippen LogP contribution in [-0.4, -0.2) is 67.3 Å². The molecule has 0 amide bonds. The van der Waals surface area contributed by atoms with Gasteiger partial charge in [-0.05, 0) is 69.2 Å². The molecule has 0 bridgehead atoms. The van der Waals surface area contributed by atoms with Crippen LogP contribution in [0.4, 0.5) is 5.82 Å². The summed E-state index contributed by atoms with van der Waals surface area (Å²) >= 11 is 0. The first-order chi connectivity index (χ1) is 20.3. The van der Waals surface area contributed by atoms with E-state index in [9.17, 15) is 19.6 Å². The number of nitrogen functional groups attached to an aromatic ring is 1. The van der Waals surface area contributed by atoms with E-state index in [1.54, 1.807) is 42.5 Å². The first kappa shape index (κ1) is 31.4. The summed E-state index contributed by atoms with van der Waals surface area (Å²) < 4.78 is 39.0. The number of fused-ring (bicyclic) bond motifs is 1. The van der Waals surface area contributed by atoms with Crippen LogP contribution in [0, 0.1) is 5.41 Å². The van der Waals surface area contributed by atoms with Crippen LogP contribution >= 0.6 is 7.75 Å². The van der Waals surface area contributed by atoms with Crippen molar-refractivity contribution in [2.75, 3.05) is 12.3 Å². The van der Waals surface area contributed by atoms with Crippen molar-refractivity contribution in [2.24, 2.45) is 5.41 Å². The monoisotopic (exact) mass is 617 g/mol. The van der Waals surface area contributed by atoms with Crippen molar-refractivity contribution in [3.05, 3.63) is 54.5 Å². The van der Waals surface area contributed by atoms with E-state index in [-0.39, 0.29) is 23.1 Å². The Balaban J connectivity index is 1.30. The summed E-state index contributed by atoms with van der Waals surface area (Å²) in [5, 5.41) is 28.9. The molecule has 1 saturated heterocycles. The van der Waals surface area contributed by atoms with Crippen LogP contribution in [0.3, 0.4) is 0 Å². The molecule has 1 saturated carbocycles. The van der Waals surface area contributed by atoms with E-state index in [4.69, 9.17) is 24.3 Å². The lowest BCUT2D eigenvalue weighted by Gasteiger charge is -2.34. The number of aliphatic hydroxyl groups is 2. The summed E-state index contributed by atoms with van der Waals surface area (Å²) in [7, 11) is -4.26. The number of rotatable bonds is 10. The largest absolute Gasteiger partial charge is 0.461 e. The zero-order chi connectivity index (χ0) is 31.0. The summed E-state index contributed by atoms with van der Waals surface area (Å²) in [6, 6.07) is 10.7. The van der Waals surface area contributed by atoms with Gasteiger partial charge in [0.15, 0.2) is 5.82 Å². The molecule has 2 unspecified atom stereocenters. The number of para-hydroxylation sites is 1. The van der Waals surface area contributed by atoms with Gasteiger partial charge < -0.3 is 29.9 Å². The maximum absolute atomic E-state index is 14.1. The van der Waals surface area contributed by atoms with Crippen molar-refractivity contribution in [1.82, 2.24) is 19.7 Å². The third kappa shape index (κ3) is 6.87. The van der Waals surface area contributed by atoms with Gasteiger partial charge >= 0.3 is 13.7 Å². The van der Waals surface area contributed by atoms with Crippen molar-refractivity contribution in [3.8, 4) is 5.75 Å². The maximum Gasteiger partial charge on any atom is 0.459 e. The lowest BCUT2D eigenvalue weighted by molar-refractivity contribution is -0.153. The fourth-order valence-electron chi connectivity index (χ4n) is 5.47. The summed E-state index contributed by atoms with van der Waals surface area (Å²) in [5.74, 6) is -0.0999. The quantitative estimate of drug-likeness (QED) is 0.192. The number of aliphatic hydroxyl groups excluding tert-OH is 2. The third-order valence-corrected chi connectivity index (χ3v) is 9.85. The summed E-state index contributed by atoms with van der Waals surface area (Å²) in [4.78, 5) is 17.0. The molecule has 1 aliphatic heterocycles. The van der Waals surface area contributed by atoms with Crippen LogP contribution in [0.5, 0.6) is 5.75 Å². The highest BCUT2D eigenvalue weighted by atomic mass is 31.2. The average Bonchev–Trinajstić information content (AvgIpc) is 3.49. The first-order valence-electron chi connectivity index (χ1n) is 14.4. The number of ether oxygens (including phenoxy) is 2. The van der Waals surface area contributed by atoms with Gasteiger partial charge in [-0.3, -0.25) is 9.32 Å². The Morgan fingerprint density at radius 2 is 1.88 bits per heavy atom. The van der Waals surface area contributed by atoms with E-state index in [2.05, 4.69) is 29.0 Å². The van der Waals surface area contributed by atoms with Gasteiger partial charge in [-0.25, -0.2) is 14.1 Å². The summed E-state index contributed by atoms with van der Waals surface area (Å²) in [6.07, 6.45) is 0.625. The van der Waals surface area contributed by atoms with Gasteiger partial charge in [0.25, 0.3) is 0 Å². The predicted octanol–water partition coefficient (Wildman–Crippen LogP) is 3.56. The first-order valence-corrected chi connectivity index (χ1v) is 15.9. The maximum atomic E-state index is 14.1. The van der Waals surface area contributed by atoms with Gasteiger partial charge in [0, 0.05) is 0 Å². The molecule has 234 valence electrons. The molecule has 0 spiro atoms. The molecule has 5 rings (SSSR count). The van der Waals surface area contributed by atoms with Crippen LogP contribution in [-0.2, 0) is 23.4 Å². The van der Waals surface area contributed by atoms with Crippen LogP contribution < -0.4 is 15.3 Å². The topological polar surface area (TPSA) is 180 Å². The summed E-state index contributed by atoms with van der Waals surface area (Å²) in [5.41, 5.74) is 5.57. The molecule has 6 atom stereocenters. The SMILES string of the molecule is C[C@H](NP(=O)(OCC1(C)O[C@@H](c2ccc3c(N)ncnn23)[C@H](O)[C@@H]1O)Oc1ccccc1)C(=O)OC1CCC(C)(C)CC1. The molecule has 13 nitrogen and oxygen atoms in total. The molecule has 14 heteroatoms. The van der Waals surface area contributed by atoms with E-state index < -0.39 is 50.3 Å². The lowest BCUT2D eigenvalue weighted by atomic mass is 9.76. The standard InChI is InChI=1S/C29H40N5O8P/c1-18(27(37)40-19-12-14-28(2,3)15-13-19)33-43(38,42-20-8-6-5-7-9-20)39-16-29(4)25(36)23(35)24(41-29)21-10-11-22-26(30)31-17-32-34(21)22/h5-11,17-19,23-25,35-36H,12-16H2,1-4H3,(H,33,38)(H2,30,31,32)/t18-,23-,24-,25-,29?,43?/m0/s1. The van der Waals surface area contributed by atoms with E-state index >= 15 is 0 Å². The Labute approximate surface area is 250 Å². The minimum Gasteiger partial charge on any atom is -0.461 e. The van der Waals surface area contributed by atoms with Crippen LogP contribution in [0.2, 0.25) is 0 Å².